The number of nitrogens with zero attached hydrogens (tertiary/aromatic N) is 3. The van der Waals surface area contributed by atoms with E-state index in [-0.39, 0.29) is 17.2 Å². The molecule has 1 aromatic heterocycles. The highest BCUT2D eigenvalue weighted by Crippen LogP contribution is 2.33. The number of ketones is 1. The predicted molar refractivity (Wildman–Crippen MR) is 136 cm³/mol. The second kappa shape index (κ2) is 11.8. The Labute approximate surface area is 215 Å². The molecule has 1 amide bonds. The first-order valence-electron chi connectivity index (χ1n) is 11.3. The molecule has 4 aromatic rings. The average Bonchev–Trinajstić information content (AvgIpc) is 3.45. The maximum Gasteiger partial charge on any atom is 0.416 e. The minimum atomic E-state index is -4.63. The molecule has 0 bridgehead atoms. The second-order valence-corrected chi connectivity index (χ2v) is 7.96. The molecule has 10 heteroatoms. The van der Waals surface area contributed by atoms with Gasteiger partial charge in [0.05, 0.1) is 11.3 Å². The monoisotopic (exact) mass is 518 g/mol. The van der Waals surface area contributed by atoms with Crippen LogP contribution in [0.2, 0.25) is 0 Å². The van der Waals surface area contributed by atoms with Crippen molar-refractivity contribution in [1.82, 2.24) is 14.8 Å². The van der Waals surface area contributed by atoms with E-state index in [0.717, 1.165) is 22.4 Å². The summed E-state index contributed by atoms with van der Waals surface area (Å²) in [5, 5.41) is 6.26. The van der Waals surface area contributed by atoms with E-state index in [2.05, 4.69) is 15.4 Å². The highest BCUT2D eigenvalue weighted by atomic mass is 19.4. The lowest BCUT2D eigenvalue weighted by atomic mass is 10.1. The van der Waals surface area contributed by atoms with E-state index >= 15 is 0 Å². The number of carbonyl (C=O) groups is 2. The summed E-state index contributed by atoms with van der Waals surface area (Å²) in [5.74, 6) is -0.588. The SMILES string of the molecule is O=C(/C=C/c1ccccc1)/C=C/c1ccccc1OCC(=O)Nc1cc(-n2cncn2)cc(C(F)(F)F)c1. The molecular formula is C28H21F3N4O3. The van der Waals surface area contributed by atoms with E-state index in [0.29, 0.717) is 11.3 Å². The van der Waals surface area contributed by atoms with Crippen LogP contribution in [0.15, 0.2) is 97.6 Å². The number of para-hydroxylation sites is 1. The summed E-state index contributed by atoms with van der Waals surface area (Å²) in [5.41, 5.74) is 0.480. The minimum Gasteiger partial charge on any atom is -0.483 e. The Morgan fingerprint density at radius 2 is 1.68 bits per heavy atom. The normalized spacial score (nSPS) is 11.7. The third kappa shape index (κ3) is 7.26. The number of allylic oxidation sites excluding steroid dienone is 2. The minimum absolute atomic E-state index is 0.0787. The molecule has 3 aromatic carbocycles. The molecule has 0 atom stereocenters. The van der Waals surface area contributed by atoms with Gasteiger partial charge in [-0.2, -0.15) is 18.3 Å². The molecule has 0 unspecified atom stereocenters. The van der Waals surface area contributed by atoms with Gasteiger partial charge in [0, 0.05) is 11.3 Å². The molecule has 0 aliphatic rings. The van der Waals surface area contributed by atoms with Crippen LogP contribution in [0.4, 0.5) is 18.9 Å². The summed E-state index contributed by atoms with van der Waals surface area (Å²) < 4.78 is 46.9. The van der Waals surface area contributed by atoms with E-state index < -0.39 is 24.3 Å². The Morgan fingerprint density at radius 1 is 0.947 bits per heavy atom. The molecule has 192 valence electrons. The number of aromatic nitrogens is 3. The van der Waals surface area contributed by atoms with E-state index in [9.17, 15) is 22.8 Å². The van der Waals surface area contributed by atoms with Crippen molar-refractivity contribution < 1.29 is 27.5 Å². The Hall–Kier alpha value is -4.99. The number of ether oxygens (including phenoxy) is 1. The number of rotatable bonds is 9. The fourth-order valence-corrected chi connectivity index (χ4v) is 3.38. The zero-order chi connectivity index (χ0) is 27.0. The summed E-state index contributed by atoms with van der Waals surface area (Å²) in [6.07, 6.45) is 3.86. The number of anilines is 1. The molecule has 1 N–H and O–H groups in total. The fraction of sp³-hybridized carbons (Fsp3) is 0.0714. The van der Waals surface area contributed by atoms with Gasteiger partial charge < -0.3 is 10.1 Å². The molecule has 4 rings (SSSR count). The number of hydrogen-bond donors (Lipinski definition) is 1. The summed E-state index contributed by atoms with van der Waals surface area (Å²) >= 11 is 0. The number of nitrogens with one attached hydrogen (secondary N) is 1. The Balaban J connectivity index is 1.41. The van der Waals surface area contributed by atoms with Gasteiger partial charge in [-0.15, -0.1) is 0 Å². The second-order valence-electron chi connectivity index (χ2n) is 7.96. The predicted octanol–water partition coefficient (Wildman–Crippen LogP) is 5.60. The Bertz CT molecular complexity index is 1460. The third-order valence-electron chi connectivity index (χ3n) is 5.16. The van der Waals surface area contributed by atoms with Crippen molar-refractivity contribution in [3.8, 4) is 11.4 Å². The molecule has 0 saturated carbocycles. The van der Waals surface area contributed by atoms with Crippen molar-refractivity contribution in [3.05, 3.63) is 114 Å². The third-order valence-corrected chi connectivity index (χ3v) is 5.16. The van der Waals surface area contributed by atoms with Crippen LogP contribution < -0.4 is 10.1 Å². The fourth-order valence-electron chi connectivity index (χ4n) is 3.38. The van der Waals surface area contributed by atoms with Crippen LogP contribution in [-0.2, 0) is 15.8 Å². The number of alkyl halides is 3. The molecular weight excluding hydrogens is 497 g/mol. The molecule has 0 fully saturated rings. The van der Waals surface area contributed by atoms with E-state index in [1.165, 1.54) is 30.9 Å². The number of hydrogen-bond acceptors (Lipinski definition) is 5. The van der Waals surface area contributed by atoms with Crippen molar-refractivity contribution in [2.45, 2.75) is 6.18 Å². The summed E-state index contributed by atoms with van der Waals surface area (Å²) in [6.45, 7) is -0.471. The van der Waals surface area contributed by atoms with Crippen LogP contribution in [-0.4, -0.2) is 33.1 Å². The highest BCUT2D eigenvalue weighted by molar-refractivity contribution is 6.04. The maximum atomic E-state index is 13.4. The van der Waals surface area contributed by atoms with Crippen molar-refractivity contribution in [3.63, 3.8) is 0 Å². The van der Waals surface area contributed by atoms with Gasteiger partial charge >= 0.3 is 6.18 Å². The molecule has 0 aliphatic carbocycles. The van der Waals surface area contributed by atoms with E-state index in [1.54, 1.807) is 36.4 Å². The van der Waals surface area contributed by atoms with Gasteiger partial charge in [-0.1, -0.05) is 54.6 Å². The number of halogens is 3. The van der Waals surface area contributed by atoms with Gasteiger partial charge in [0.2, 0.25) is 0 Å². The summed E-state index contributed by atoms with van der Waals surface area (Å²) in [7, 11) is 0. The van der Waals surface area contributed by atoms with Gasteiger partial charge in [-0.05, 0) is 48.1 Å². The average molecular weight is 518 g/mol. The quantitative estimate of drug-likeness (QED) is 0.292. The van der Waals surface area contributed by atoms with Gasteiger partial charge in [0.1, 0.15) is 18.4 Å². The van der Waals surface area contributed by atoms with Crippen LogP contribution >= 0.6 is 0 Å². The molecule has 1 heterocycles. The molecule has 0 saturated heterocycles. The molecule has 0 aliphatic heterocycles. The maximum absolute atomic E-state index is 13.4. The largest absolute Gasteiger partial charge is 0.483 e. The lowest BCUT2D eigenvalue weighted by Gasteiger charge is -2.14. The smallest absolute Gasteiger partial charge is 0.416 e. The van der Waals surface area contributed by atoms with Gasteiger partial charge in [0.15, 0.2) is 12.4 Å². The van der Waals surface area contributed by atoms with Gasteiger partial charge in [-0.3, -0.25) is 9.59 Å². The standard InChI is InChI=1S/C28H21F3N4O3/c29-28(30,31)22-14-23(16-24(15-22)35-19-32-18-33-35)34-27(37)17-38-26-9-5-4-8-21(26)11-13-25(36)12-10-20-6-2-1-3-7-20/h1-16,18-19H,17H2,(H,34,37)/b12-10+,13-11+. The van der Waals surface area contributed by atoms with E-state index in [1.807, 2.05) is 30.3 Å². The van der Waals surface area contributed by atoms with Crippen molar-refractivity contribution >= 4 is 29.5 Å². The molecule has 7 nitrogen and oxygen atoms in total. The van der Waals surface area contributed by atoms with Crippen LogP contribution in [0.3, 0.4) is 0 Å². The summed E-state index contributed by atoms with van der Waals surface area (Å²) in [4.78, 5) is 28.5. The Kier molecular flexibility index (Phi) is 8.12. The highest BCUT2D eigenvalue weighted by Gasteiger charge is 2.31. The first kappa shape index (κ1) is 26.1. The van der Waals surface area contributed by atoms with Crippen molar-refractivity contribution in [2.24, 2.45) is 0 Å². The first-order chi connectivity index (χ1) is 18.3. The van der Waals surface area contributed by atoms with Crippen LogP contribution in [0, 0.1) is 0 Å². The topological polar surface area (TPSA) is 86.1 Å². The first-order valence-corrected chi connectivity index (χ1v) is 11.3. The number of amides is 1. The number of carbonyl (C=O) groups excluding carboxylic acids is 2. The molecule has 38 heavy (non-hydrogen) atoms. The molecule has 0 radical (unpaired) electrons. The van der Waals surface area contributed by atoms with Crippen molar-refractivity contribution in [2.75, 3.05) is 11.9 Å². The zero-order valence-corrected chi connectivity index (χ0v) is 19.8. The zero-order valence-electron chi connectivity index (χ0n) is 19.8. The number of benzene rings is 3. The van der Waals surface area contributed by atoms with E-state index in [4.69, 9.17) is 4.74 Å². The molecule has 0 spiro atoms. The van der Waals surface area contributed by atoms with Crippen LogP contribution in [0.5, 0.6) is 5.75 Å². The lowest BCUT2D eigenvalue weighted by Crippen LogP contribution is -2.21. The lowest BCUT2D eigenvalue weighted by molar-refractivity contribution is -0.137. The van der Waals surface area contributed by atoms with Gasteiger partial charge in [0.25, 0.3) is 5.91 Å². The summed E-state index contributed by atoms with van der Waals surface area (Å²) in [6, 6.07) is 19.2. The van der Waals surface area contributed by atoms with Crippen molar-refractivity contribution in [1.29, 1.82) is 0 Å². The van der Waals surface area contributed by atoms with Gasteiger partial charge in [-0.25, -0.2) is 9.67 Å². The van der Waals surface area contributed by atoms with Crippen LogP contribution in [0.25, 0.3) is 17.8 Å². The Morgan fingerprint density at radius 3 is 2.42 bits per heavy atom. The van der Waals surface area contributed by atoms with Crippen LogP contribution in [0.1, 0.15) is 16.7 Å².